The average Bonchev–Trinajstić information content (AvgIpc) is 3.34. The first kappa shape index (κ1) is 37.9. The molecule has 3 aromatic rings. The van der Waals surface area contributed by atoms with Crippen molar-refractivity contribution in [1.29, 1.82) is 0 Å². The van der Waals surface area contributed by atoms with Gasteiger partial charge in [0.1, 0.15) is 6.04 Å². The molecular weight excluding hydrogens is 630 g/mol. The summed E-state index contributed by atoms with van der Waals surface area (Å²) in [7, 11) is 1.71. The van der Waals surface area contributed by atoms with E-state index in [1.165, 1.54) is 10.1 Å². The van der Waals surface area contributed by atoms with Crippen molar-refractivity contribution in [2.75, 3.05) is 39.6 Å². The number of hydrogen-bond acceptors (Lipinski definition) is 9. The Labute approximate surface area is 287 Å². The Morgan fingerprint density at radius 2 is 1.55 bits per heavy atom. The van der Waals surface area contributed by atoms with E-state index in [4.69, 9.17) is 30.4 Å². The number of ether oxygens (including phenoxy) is 4. The predicted molar refractivity (Wildman–Crippen MR) is 185 cm³/mol. The number of nitrogens with two attached hydrogens (primary N) is 2. The minimum atomic E-state index is -0.697. The van der Waals surface area contributed by atoms with Crippen molar-refractivity contribution < 1.29 is 33.3 Å². The number of benzene rings is 2. The van der Waals surface area contributed by atoms with Gasteiger partial charge in [-0.1, -0.05) is 36.4 Å². The number of nitrogens with zero attached hydrogens (tertiary/aromatic N) is 2. The SMILES string of the molecule is C[C@@H](OCc1ccc(CCCOCCOCCOCCCc2cccc3c2n(C)c(=O)n3C2CCC(=O)NC2=O)cc1)[C@@H](N)CCC(N)=O. The van der Waals surface area contributed by atoms with Crippen LogP contribution in [0.15, 0.2) is 47.3 Å². The second kappa shape index (κ2) is 19.3. The fourth-order valence-electron chi connectivity index (χ4n) is 5.93. The average molecular weight is 682 g/mol. The Kier molecular flexibility index (Phi) is 15.0. The topological polar surface area (TPSA) is 179 Å². The summed E-state index contributed by atoms with van der Waals surface area (Å²) in [5, 5.41) is 2.35. The number of piperidine rings is 1. The molecule has 0 spiro atoms. The molecule has 0 bridgehead atoms. The highest BCUT2D eigenvalue weighted by atomic mass is 16.5. The summed E-state index contributed by atoms with van der Waals surface area (Å²) in [6.45, 7) is 5.57. The third-order valence-corrected chi connectivity index (χ3v) is 8.80. The van der Waals surface area contributed by atoms with Gasteiger partial charge in [0, 0.05) is 39.1 Å². The lowest BCUT2D eigenvalue weighted by molar-refractivity contribution is -0.135. The lowest BCUT2D eigenvalue weighted by atomic mass is 10.0. The fraction of sp³-hybridized carbons (Fsp3) is 0.556. The Hall–Kier alpha value is -3.88. The van der Waals surface area contributed by atoms with Crippen molar-refractivity contribution in [3.05, 3.63) is 69.6 Å². The molecule has 4 rings (SSSR count). The standard InChI is InChI=1S/C36H51N5O8/c1-25(29(37)14-16-32(38)42)49-24-27-12-10-26(11-13-27)6-4-18-46-20-22-48-23-21-47-19-5-8-28-7-3-9-30-34(28)40(2)36(45)41(30)31-15-17-33(43)39-35(31)44/h3,7,9-13,25,29,31H,4-6,8,14-24,37H2,1-2H3,(H2,38,42)(H,39,43,44)/t25-,29+,31?/m1/s1. The van der Waals surface area contributed by atoms with Crippen LogP contribution in [0.3, 0.4) is 0 Å². The van der Waals surface area contributed by atoms with E-state index < -0.39 is 11.9 Å². The highest BCUT2D eigenvalue weighted by molar-refractivity contribution is 6.00. The summed E-state index contributed by atoms with van der Waals surface area (Å²) in [6, 6.07) is 13.1. The van der Waals surface area contributed by atoms with Crippen LogP contribution in [0, 0.1) is 0 Å². The summed E-state index contributed by atoms with van der Waals surface area (Å²) in [6.07, 6.45) is 4.44. The molecule has 0 saturated carbocycles. The highest BCUT2D eigenvalue weighted by Crippen LogP contribution is 2.25. The fourth-order valence-corrected chi connectivity index (χ4v) is 5.93. The molecule has 268 valence electrons. The van der Waals surface area contributed by atoms with E-state index in [2.05, 4.69) is 29.6 Å². The normalized spacial score (nSPS) is 16.2. The molecule has 13 heteroatoms. The van der Waals surface area contributed by atoms with Crippen LogP contribution in [-0.2, 0) is 59.8 Å². The first-order valence-corrected chi connectivity index (χ1v) is 17.1. The smallest absolute Gasteiger partial charge is 0.329 e. The number of amides is 3. The summed E-state index contributed by atoms with van der Waals surface area (Å²) >= 11 is 0. The van der Waals surface area contributed by atoms with E-state index in [1.807, 2.05) is 25.1 Å². The molecule has 1 aromatic heterocycles. The van der Waals surface area contributed by atoms with E-state index in [-0.39, 0.29) is 42.5 Å². The number of rotatable bonds is 22. The van der Waals surface area contributed by atoms with Crippen molar-refractivity contribution >= 4 is 28.8 Å². The molecule has 2 aromatic carbocycles. The van der Waals surface area contributed by atoms with Crippen molar-refractivity contribution in [2.24, 2.45) is 18.5 Å². The van der Waals surface area contributed by atoms with Gasteiger partial charge in [-0.3, -0.25) is 28.8 Å². The third kappa shape index (κ3) is 11.3. The van der Waals surface area contributed by atoms with Crippen LogP contribution >= 0.6 is 0 Å². The Balaban J connectivity index is 1.03. The zero-order valence-corrected chi connectivity index (χ0v) is 28.7. The van der Waals surface area contributed by atoms with Crippen molar-refractivity contribution in [2.45, 2.75) is 83.1 Å². The quantitative estimate of drug-likeness (QED) is 0.106. The number of nitrogens with one attached hydrogen (secondary N) is 1. The maximum absolute atomic E-state index is 13.1. The van der Waals surface area contributed by atoms with Crippen molar-refractivity contribution in [3.63, 3.8) is 0 Å². The second-order valence-corrected chi connectivity index (χ2v) is 12.5. The van der Waals surface area contributed by atoms with Crippen LogP contribution in [0.5, 0.6) is 0 Å². The van der Waals surface area contributed by atoms with Crippen LogP contribution in [0.25, 0.3) is 11.0 Å². The van der Waals surface area contributed by atoms with Crippen LogP contribution in [-0.4, -0.2) is 78.6 Å². The molecule has 1 aliphatic rings. The number of carbonyl (C=O) groups is 3. The van der Waals surface area contributed by atoms with Gasteiger partial charge in [-0.15, -0.1) is 0 Å². The number of aryl methyl sites for hydroxylation is 3. The zero-order chi connectivity index (χ0) is 35.2. The number of aromatic nitrogens is 2. The number of carbonyl (C=O) groups excluding carboxylic acids is 3. The minimum absolute atomic E-state index is 0.166. The maximum atomic E-state index is 13.1. The summed E-state index contributed by atoms with van der Waals surface area (Å²) in [5.41, 5.74) is 15.8. The van der Waals surface area contributed by atoms with Gasteiger partial charge in [0.2, 0.25) is 17.7 Å². The highest BCUT2D eigenvalue weighted by Gasteiger charge is 2.31. The molecule has 1 saturated heterocycles. The van der Waals surface area contributed by atoms with Gasteiger partial charge < -0.3 is 30.4 Å². The van der Waals surface area contributed by atoms with Crippen LogP contribution in [0.2, 0.25) is 0 Å². The summed E-state index contributed by atoms with van der Waals surface area (Å²) in [5.74, 6) is -1.10. The van der Waals surface area contributed by atoms with Gasteiger partial charge in [-0.2, -0.15) is 0 Å². The molecule has 3 atom stereocenters. The van der Waals surface area contributed by atoms with Gasteiger partial charge in [0.25, 0.3) is 0 Å². The number of imide groups is 1. The number of hydrogen-bond donors (Lipinski definition) is 3. The largest absolute Gasteiger partial charge is 0.379 e. The first-order valence-electron chi connectivity index (χ1n) is 17.1. The molecule has 1 aliphatic heterocycles. The predicted octanol–water partition coefficient (Wildman–Crippen LogP) is 2.43. The molecule has 2 heterocycles. The van der Waals surface area contributed by atoms with Crippen LogP contribution in [0.4, 0.5) is 0 Å². The number of primary amides is 1. The maximum Gasteiger partial charge on any atom is 0.329 e. The molecule has 1 unspecified atom stereocenters. The number of fused-ring (bicyclic) bond motifs is 1. The van der Waals surface area contributed by atoms with E-state index in [0.717, 1.165) is 35.9 Å². The molecule has 13 nitrogen and oxygen atoms in total. The van der Waals surface area contributed by atoms with E-state index in [1.54, 1.807) is 11.6 Å². The second-order valence-electron chi connectivity index (χ2n) is 12.5. The third-order valence-electron chi connectivity index (χ3n) is 8.80. The van der Waals surface area contributed by atoms with Crippen LogP contribution in [0.1, 0.15) is 68.2 Å². The van der Waals surface area contributed by atoms with Crippen molar-refractivity contribution in [1.82, 2.24) is 14.5 Å². The zero-order valence-electron chi connectivity index (χ0n) is 28.7. The Morgan fingerprint density at radius 3 is 2.20 bits per heavy atom. The Morgan fingerprint density at radius 1 is 0.918 bits per heavy atom. The van der Waals surface area contributed by atoms with Crippen molar-refractivity contribution in [3.8, 4) is 0 Å². The minimum Gasteiger partial charge on any atom is -0.379 e. The van der Waals surface area contributed by atoms with Crippen LogP contribution < -0.4 is 22.5 Å². The molecular formula is C36H51N5O8. The molecule has 0 aliphatic carbocycles. The summed E-state index contributed by atoms with van der Waals surface area (Å²) in [4.78, 5) is 48.1. The number of para-hydroxylation sites is 1. The summed E-state index contributed by atoms with van der Waals surface area (Å²) < 4.78 is 26.0. The lowest BCUT2D eigenvalue weighted by Crippen LogP contribution is -2.44. The van der Waals surface area contributed by atoms with Gasteiger partial charge in [-0.25, -0.2) is 4.79 Å². The van der Waals surface area contributed by atoms with Gasteiger partial charge in [0.05, 0.1) is 50.2 Å². The van der Waals surface area contributed by atoms with E-state index in [9.17, 15) is 19.2 Å². The lowest BCUT2D eigenvalue weighted by Gasteiger charge is -2.21. The first-order chi connectivity index (χ1) is 23.7. The molecule has 0 radical (unpaired) electrons. The monoisotopic (exact) mass is 681 g/mol. The van der Waals surface area contributed by atoms with E-state index >= 15 is 0 Å². The molecule has 3 amide bonds. The Bertz CT molecular complexity index is 1580. The van der Waals surface area contributed by atoms with Gasteiger partial charge >= 0.3 is 5.69 Å². The van der Waals surface area contributed by atoms with Gasteiger partial charge in [0.15, 0.2) is 0 Å². The number of imidazole rings is 1. The van der Waals surface area contributed by atoms with Gasteiger partial charge in [-0.05, 0) is 68.2 Å². The molecule has 5 N–H and O–H groups in total. The molecule has 1 fully saturated rings. The van der Waals surface area contributed by atoms with E-state index in [0.29, 0.717) is 71.0 Å². The molecule has 49 heavy (non-hydrogen) atoms.